The van der Waals surface area contributed by atoms with Crippen molar-refractivity contribution in [2.24, 2.45) is 5.73 Å². The van der Waals surface area contributed by atoms with Crippen molar-refractivity contribution in [1.29, 1.82) is 0 Å². The average Bonchev–Trinajstić information content (AvgIpc) is 2.48. The molecule has 0 spiro atoms. The molecule has 0 radical (unpaired) electrons. The molecule has 2 nitrogen and oxygen atoms in total. The van der Waals surface area contributed by atoms with Crippen LogP contribution >= 0.6 is 0 Å². The summed E-state index contributed by atoms with van der Waals surface area (Å²) in [6, 6.07) is 19.0. The molecule has 0 saturated carbocycles. The van der Waals surface area contributed by atoms with Crippen LogP contribution in [-0.2, 0) is 5.41 Å². The molecule has 0 amide bonds. The largest absolute Gasteiger partial charge is 0.373 e. The highest BCUT2D eigenvalue weighted by molar-refractivity contribution is 5.53. The molecule has 2 aromatic carbocycles. The predicted molar refractivity (Wildman–Crippen MR) is 87.3 cm³/mol. The molecule has 2 N–H and O–H groups in total. The predicted octanol–water partition coefficient (Wildman–Crippen LogP) is 3.35. The third-order valence-corrected chi connectivity index (χ3v) is 4.03. The molecular formula is C18H24N2. The van der Waals surface area contributed by atoms with Gasteiger partial charge >= 0.3 is 0 Å². The average molecular weight is 268 g/mol. The topological polar surface area (TPSA) is 29.3 Å². The Morgan fingerprint density at radius 2 is 1.60 bits per heavy atom. The van der Waals surface area contributed by atoms with E-state index in [1.807, 2.05) is 6.07 Å². The van der Waals surface area contributed by atoms with Crippen LogP contribution in [0, 0.1) is 6.92 Å². The van der Waals surface area contributed by atoms with Crippen LogP contribution in [0.15, 0.2) is 54.6 Å². The van der Waals surface area contributed by atoms with E-state index < -0.39 is 0 Å². The molecule has 1 unspecified atom stereocenters. The van der Waals surface area contributed by atoms with E-state index in [2.05, 4.69) is 74.3 Å². The SMILES string of the molecule is Cc1ccccc1N(C)CC(C)(CN)c1ccccc1. The van der Waals surface area contributed by atoms with E-state index in [-0.39, 0.29) is 5.41 Å². The maximum Gasteiger partial charge on any atom is 0.0393 e. The lowest BCUT2D eigenvalue weighted by atomic mass is 9.82. The Balaban J connectivity index is 2.24. The van der Waals surface area contributed by atoms with E-state index >= 15 is 0 Å². The van der Waals surface area contributed by atoms with Gasteiger partial charge in [0.05, 0.1) is 0 Å². The lowest BCUT2D eigenvalue weighted by molar-refractivity contribution is 0.485. The minimum atomic E-state index is -0.0434. The van der Waals surface area contributed by atoms with Gasteiger partial charge in [0, 0.05) is 31.2 Å². The first-order valence-corrected chi connectivity index (χ1v) is 7.09. The number of anilines is 1. The highest BCUT2D eigenvalue weighted by Gasteiger charge is 2.27. The summed E-state index contributed by atoms with van der Waals surface area (Å²) in [4.78, 5) is 2.30. The fraction of sp³-hybridized carbons (Fsp3) is 0.333. The quantitative estimate of drug-likeness (QED) is 0.901. The maximum absolute atomic E-state index is 6.08. The second-order valence-electron chi connectivity index (χ2n) is 5.77. The first kappa shape index (κ1) is 14.6. The smallest absolute Gasteiger partial charge is 0.0393 e. The number of benzene rings is 2. The van der Waals surface area contributed by atoms with Gasteiger partial charge in [-0.25, -0.2) is 0 Å². The van der Waals surface area contributed by atoms with E-state index in [9.17, 15) is 0 Å². The molecule has 0 bridgehead atoms. The highest BCUT2D eigenvalue weighted by Crippen LogP contribution is 2.27. The summed E-state index contributed by atoms with van der Waals surface area (Å²) in [5.41, 5.74) is 9.89. The Hall–Kier alpha value is -1.80. The van der Waals surface area contributed by atoms with Crippen molar-refractivity contribution >= 4 is 5.69 Å². The summed E-state index contributed by atoms with van der Waals surface area (Å²) in [5.74, 6) is 0. The van der Waals surface area contributed by atoms with Gasteiger partial charge in [-0.05, 0) is 24.1 Å². The lowest BCUT2D eigenvalue weighted by Gasteiger charge is -2.35. The molecule has 0 aliphatic heterocycles. The van der Waals surface area contributed by atoms with Crippen LogP contribution in [0.5, 0.6) is 0 Å². The molecular weight excluding hydrogens is 244 g/mol. The summed E-state index contributed by atoms with van der Waals surface area (Å²) in [7, 11) is 2.14. The zero-order chi connectivity index (χ0) is 14.6. The van der Waals surface area contributed by atoms with Crippen LogP contribution in [0.3, 0.4) is 0 Å². The second kappa shape index (κ2) is 6.10. The minimum Gasteiger partial charge on any atom is -0.373 e. The molecule has 2 heteroatoms. The number of nitrogens with zero attached hydrogens (tertiary/aromatic N) is 1. The Labute approximate surface area is 122 Å². The van der Waals surface area contributed by atoms with Gasteiger partial charge < -0.3 is 10.6 Å². The monoisotopic (exact) mass is 268 g/mol. The van der Waals surface area contributed by atoms with Crippen molar-refractivity contribution in [2.45, 2.75) is 19.3 Å². The molecule has 0 fully saturated rings. The molecule has 0 aliphatic rings. The summed E-state index contributed by atoms with van der Waals surface area (Å²) in [6.45, 7) is 5.91. The molecule has 0 saturated heterocycles. The van der Waals surface area contributed by atoms with Crippen LogP contribution in [-0.4, -0.2) is 20.1 Å². The molecule has 20 heavy (non-hydrogen) atoms. The molecule has 1 atom stereocenters. The first-order valence-electron chi connectivity index (χ1n) is 7.09. The van der Waals surface area contributed by atoms with E-state index in [1.165, 1.54) is 16.8 Å². The van der Waals surface area contributed by atoms with Gasteiger partial charge in [0.25, 0.3) is 0 Å². The molecule has 0 aliphatic carbocycles. The number of hydrogen-bond donors (Lipinski definition) is 1. The summed E-state index contributed by atoms with van der Waals surface area (Å²) in [5, 5.41) is 0. The third kappa shape index (κ3) is 3.02. The number of rotatable bonds is 5. The van der Waals surface area contributed by atoms with E-state index in [0.29, 0.717) is 6.54 Å². The fourth-order valence-corrected chi connectivity index (χ4v) is 2.71. The molecule has 106 valence electrons. The minimum absolute atomic E-state index is 0.0434. The number of likely N-dealkylation sites (N-methyl/N-ethyl adjacent to an activating group) is 1. The zero-order valence-electron chi connectivity index (χ0n) is 12.6. The van der Waals surface area contributed by atoms with Gasteiger partial charge in [-0.1, -0.05) is 55.5 Å². The normalized spacial score (nSPS) is 13.8. The Morgan fingerprint density at radius 3 is 2.20 bits per heavy atom. The van der Waals surface area contributed by atoms with Gasteiger partial charge in [0.1, 0.15) is 0 Å². The Kier molecular flexibility index (Phi) is 4.46. The summed E-state index contributed by atoms with van der Waals surface area (Å²) in [6.07, 6.45) is 0. The number of para-hydroxylation sites is 1. The van der Waals surface area contributed by atoms with E-state index in [1.54, 1.807) is 0 Å². The Bertz CT molecular complexity index is 550. The summed E-state index contributed by atoms with van der Waals surface area (Å²) < 4.78 is 0. The van der Waals surface area contributed by atoms with Crippen LogP contribution in [0.1, 0.15) is 18.1 Å². The van der Waals surface area contributed by atoms with Crippen LogP contribution in [0.4, 0.5) is 5.69 Å². The van der Waals surface area contributed by atoms with Crippen molar-refractivity contribution in [3.63, 3.8) is 0 Å². The summed E-state index contributed by atoms with van der Waals surface area (Å²) >= 11 is 0. The van der Waals surface area contributed by atoms with Crippen molar-refractivity contribution in [1.82, 2.24) is 0 Å². The van der Waals surface area contributed by atoms with Crippen molar-refractivity contribution in [3.8, 4) is 0 Å². The Morgan fingerprint density at radius 1 is 1.00 bits per heavy atom. The van der Waals surface area contributed by atoms with Crippen molar-refractivity contribution < 1.29 is 0 Å². The molecule has 2 aromatic rings. The third-order valence-electron chi connectivity index (χ3n) is 4.03. The van der Waals surface area contributed by atoms with Gasteiger partial charge in [-0.15, -0.1) is 0 Å². The van der Waals surface area contributed by atoms with Crippen LogP contribution < -0.4 is 10.6 Å². The van der Waals surface area contributed by atoms with Crippen molar-refractivity contribution in [3.05, 3.63) is 65.7 Å². The maximum atomic E-state index is 6.08. The molecule has 0 aromatic heterocycles. The first-order chi connectivity index (χ1) is 9.57. The van der Waals surface area contributed by atoms with Gasteiger partial charge in [-0.3, -0.25) is 0 Å². The molecule has 2 rings (SSSR count). The highest BCUT2D eigenvalue weighted by atomic mass is 15.1. The fourth-order valence-electron chi connectivity index (χ4n) is 2.71. The van der Waals surface area contributed by atoms with E-state index in [0.717, 1.165) is 6.54 Å². The molecule has 0 heterocycles. The standard InChI is InChI=1S/C18H24N2/c1-15-9-7-8-12-17(15)20(3)14-18(2,13-19)16-10-5-4-6-11-16/h4-12H,13-14,19H2,1-3H3. The number of aryl methyl sites for hydroxylation is 1. The zero-order valence-corrected chi connectivity index (χ0v) is 12.6. The van der Waals surface area contributed by atoms with Gasteiger partial charge in [-0.2, -0.15) is 0 Å². The lowest BCUT2D eigenvalue weighted by Crippen LogP contribution is -2.42. The van der Waals surface area contributed by atoms with Crippen LogP contribution in [0.25, 0.3) is 0 Å². The second-order valence-corrected chi connectivity index (χ2v) is 5.77. The number of hydrogen-bond acceptors (Lipinski definition) is 2. The number of nitrogens with two attached hydrogens (primary N) is 1. The van der Waals surface area contributed by atoms with Gasteiger partial charge in [0.15, 0.2) is 0 Å². The van der Waals surface area contributed by atoms with Crippen molar-refractivity contribution in [2.75, 3.05) is 25.0 Å². The van der Waals surface area contributed by atoms with Crippen LogP contribution in [0.2, 0.25) is 0 Å². The van der Waals surface area contributed by atoms with E-state index in [4.69, 9.17) is 5.73 Å². The van der Waals surface area contributed by atoms with Gasteiger partial charge in [0.2, 0.25) is 0 Å².